The van der Waals surface area contributed by atoms with E-state index in [0.29, 0.717) is 36.5 Å². The SMILES string of the molecule is C=C(C)C(=O)OCCCOc1ccc(-c2ccc(OC(=O)C(=C)C)cc2)cc1.CC. The highest BCUT2D eigenvalue weighted by Crippen LogP contribution is 2.25. The Hall–Kier alpha value is -3.34. The lowest BCUT2D eigenvalue weighted by atomic mass is 10.1. The van der Waals surface area contributed by atoms with Crippen molar-refractivity contribution in [3.05, 3.63) is 72.8 Å². The molecular formula is C25H30O5. The second-order valence-electron chi connectivity index (χ2n) is 6.34. The molecule has 0 N–H and O–H groups in total. The molecule has 0 saturated carbocycles. The van der Waals surface area contributed by atoms with E-state index in [1.165, 1.54) is 0 Å². The van der Waals surface area contributed by atoms with E-state index in [9.17, 15) is 9.59 Å². The first kappa shape index (κ1) is 24.7. The van der Waals surface area contributed by atoms with E-state index in [1.54, 1.807) is 26.0 Å². The molecule has 0 unspecified atom stereocenters. The van der Waals surface area contributed by atoms with Crippen LogP contribution in [0.5, 0.6) is 11.5 Å². The molecule has 0 saturated heterocycles. The van der Waals surface area contributed by atoms with Crippen LogP contribution >= 0.6 is 0 Å². The summed E-state index contributed by atoms with van der Waals surface area (Å²) in [5.41, 5.74) is 2.75. The Labute approximate surface area is 179 Å². The Morgan fingerprint density at radius 1 is 0.733 bits per heavy atom. The van der Waals surface area contributed by atoms with Gasteiger partial charge in [0.1, 0.15) is 11.5 Å². The van der Waals surface area contributed by atoms with Crippen molar-refractivity contribution in [1.82, 2.24) is 0 Å². The molecule has 2 aromatic rings. The van der Waals surface area contributed by atoms with Gasteiger partial charge in [0.15, 0.2) is 0 Å². The minimum atomic E-state index is -0.441. The molecule has 2 aromatic carbocycles. The number of hydrogen-bond acceptors (Lipinski definition) is 5. The third-order valence-electron chi connectivity index (χ3n) is 3.74. The number of carbonyl (C=O) groups is 2. The van der Waals surface area contributed by atoms with Crippen molar-refractivity contribution < 1.29 is 23.8 Å². The normalized spacial score (nSPS) is 9.60. The summed E-state index contributed by atoms with van der Waals surface area (Å²) in [5, 5.41) is 0. The van der Waals surface area contributed by atoms with Gasteiger partial charge < -0.3 is 14.2 Å². The Bertz CT molecular complexity index is 848. The average Bonchev–Trinajstić information content (AvgIpc) is 2.75. The van der Waals surface area contributed by atoms with Crippen LogP contribution in [-0.2, 0) is 14.3 Å². The predicted octanol–water partition coefficient (Wildman–Crippen LogP) is 5.75. The summed E-state index contributed by atoms with van der Waals surface area (Å²) in [6, 6.07) is 14.9. The lowest BCUT2D eigenvalue weighted by Crippen LogP contribution is -2.09. The molecule has 0 atom stereocenters. The van der Waals surface area contributed by atoms with E-state index in [4.69, 9.17) is 14.2 Å². The molecule has 30 heavy (non-hydrogen) atoms. The van der Waals surface area contributed by atoms with Gasteiger partial charge in [-0.1, -0.05) is 51.3 Å². The van der Waals surface area contributed by atoms with Gasteiger partial charge in [0.25, 0.3) is 0 Å². The summed E-state index contributed by atoms with van der Waals surface area (Å²) >= 11 is 0. The third kappa shape index (κ3) is 8.35. The first-order valence-corrected chi connectivity index (χ1v) is 9.90. The fraction of sp³-hybridized carbons (Fsp3) is 0.280. The Kier molecular flexibility index (Phi) is 10.7. The van der Waals surface area contributed by atoms with E-state index in [0.717, 1.165) is 16.9 Å². The number of esters is 2. The van der Waals surface area contributed by atoms with Gasteiger partial charge in [-0.3, -0.25) is 0 Å². The fourth-order valence-electron chi connectivity index (χ4n) is 2.19. The van der Waals surface area contributed by atoms with Gasteiger partial charge in [-0.25, -0.2) is 9.59 Å². The highest BCUT2D eigenvalue weighted by molar-refractivity contribution is 5.88. The minimum absolute atomic E-state index is 0.298. The number of benzene rings is 2. The van der Waals surface area contributed by atoms with Crippen LogP contribution in [0.3, 0.4) is 0 Å². The van der Waals surface area contributed by atoms with Crippen LogP contribution in [0.15, 0.2) is 72.8 Å². The van der Waals surface area contributed by atoms with E-state index in [2.05, 4.69) is 13.2 Å². The Balaban J connectivity index is 0.00000218. The molecule has 0 amide bonds. The largest absolute Gasteiger partial charge is 0.493 e. The molecule has 0 bridgehead atoms. The zero-order valence-electron chi connectivity index (χ0n) is 18.2. The second-order valence-corrected chi connectivity index (χ2v) is 6.34. The highest BCUT2D eigenvalue weighted by Gasteiger charge is 2.06. The molecule has 160 valence electrons. The van der Waals surface area contributed by atoms with Crippen molar-refractivity contribution in [2.24, 2.45) is 0 Å². The summed E-state index contributed by atoms with van der Waals surface area (Å²) in [4.78, 5) is 22.8. The van der Waals surface area contributed by atoms with Gasteiger partial charge in [-0.2, -0.15) is 0 Å². The molecule has 0 radical (unpaired) electrons. The second kappa shape index (κ2) is 13.0. The van der Waals surface area contributed by atoms with Crippen molar-refractivity contribution in [1.29, 1.82) is 0 Å². The van der Waals surface area contributed by atoms with Crippen LogP contribution in [0.4, 0.5) is 0 Å². The maximum atomic E-state index is 11.5. The van der Waals surface area contributed by atoms with Crippen molar-refractivity contribution in [3.8, 4) is 22.6 Å². The highest BCUT2D eigenvalue weighted by atomic mass is 16.5. The smallest absolute Gasteiger partial charge is 0.338 e. The van der Waals surface area contributed by atoms with Gasteiger partial charge in [-0.05, 0) is 49.2 Å². The van der Waals surface area contributed by atoms with Crippen molar-refractivity contribution in [2.45, 2.75) is 34.1 Å². The summed E-state index contributed by atoms with van der Waals surface area (Å²) in [5.74, 6) is 0.388. The molecule has 0 heterocycles. The lowest BCUT2D eigenvalue weighted by Gasteiger charge is -2.09. The Morgan fingerprint density at radius 2 is 1.20 bits per heavy atom. The van der Waals surface area contributed by atoms with Gasteiger partial charge in [0.05, 0.1) is 13.2 Å². The first-order valence-electron chi connectivity index (χ1n) is 9.90. The quantitative estimate of drug-likeness (QED) is 0.228. The monoisotopic (exact) mass is 410 g/mol. The number of ether oxygens (including phenoxy) is 3. The van der Waals surface area contributed by atoms with Crippen LogP contribution in [0.1, 0.15) is 34.1 Å². The fourth-order valence-corrected chi connectivity index (χ4v) is 2.19. The maximum absolute atomic E-state index is 11.5. The molecule has 0 fully saturated rings. The van der Waals surface area contributed by atoms with Crippen LogP contribution in [0.25, 0.3) is 11.1 Å². The summed E-state index contributed by atoms with van der Waals surface area (Å²) in [6.07, 6.45) is 0.602. The summed E-state index contributed by atoms with van der Waals surface area (Å²) < 4.78 is 15.8. The topological polar surface area (TPSA) is 61.8 Å². The lowest BCUT2D eigenvalue weighted by molar-refractivity contribution is -0.139. The molecule has 2 rings (SSSR count). The summed E-state index contributed by atoms with van der Waals surface area (Å²) in [6.45, 7) is 15.1. The predicted molar refractivity (Wildman–Crippen MR) is 120 cm³/mol. The molecule has 0 spiro atoms. The molecule has 5 heteroatoms. The standard InChI is InChI=1S/C23H24O5.C2H6/c1-16(2)22(24)27-15-5-14-26-20-10-6-18(7-11-20)19-8-12-21(13-9-19)28-23(25)17(3)4;1-2/h6-13H,1,3,5,14-15H2,2,4H3;1-2H3. The summed E-state index contributed by atoms with van der Waals surface area (Å²) in [7, 11) is 0. The average molecular weight is 411 g/mol. The van der Waals surface area contributed by atoms with Crippen molar-refractivity contribution in [3.63, 3.8) is 0 Å². The van der Waals surface area contributed by atoms with Crippen molar-refractivity contribution in [2.75, 3.05) is 13.2 Å². The van der Waals surface area contributed by atoms with Gasteiger partial charge in [0, 0.05) is 17.6 Å². The van der Waals surface area contributed by atoms with E-state index >= 15 is 0 Å². The van der Waals surface area contributed by atoms with Crippen LogP contribution < -0.4 is 9.47 Å². The van der Waals surface area contributed by atoms with Gasteiger partial charge in [-0.15, -0.1) is 0 Å². The van der Waals surface area contributed by atoms with Crippen LogP contribution in [-0.4, -0.2) is 25.2 Å². The first-order chi connectivity index (χ1) is 14.4. The minimum Gasteiger partial charge on any atom is -0.493 e. The molecule has 5 nitrogen and oxygen atoms in total. The van der Waals surface area contributed by atoms with Crippen molar-refractivity contribution >= 4 is 11.9 Å². The van der Waals surface area contributed by atoms with E-state index in [1.807, 2.05) is 50.2 Å². The molecule has 0 aliphatic rings. The van der Waals surface area contributed by atoms with E-state index in [-0.39, 0.29) is 5.97 Å². The molecular weight excluding hydrogens is 380 g/mol. The van der Waals surface area contributed by atoms with Crippen LogP contribution in [0, 0.1) is 0 Å². The van der Waals surface area contributed by atoms with Crippen LogP contribution in [0.2, 0.25) is 0 Å². The maximum Gasteiger partial charge on any atom is 0.338 e. The van der Waals surface area contributed by atoms with Gasteiger partial charge >= 0.3 is 11.9 Å². The van der Waals surface area contributed by atoms with Gasteiger partial charge in [0.2, 0.25) is 0 Å². The molecule has 0 aliphatic heterocycles. The number of rotatable bonds is 9. The molecule has 0 aromatic heterocycles. The zero-order valence-corrected chi connectivity index (χ0v) is 18.2. The zero-order chi connectivity index (χ0) is 22.5. The molecule has 0 aliphatic carbocycles. The number of hydrogen-bond donors (Lipinski definition) is 0. The third-order valence-corrected chi connectivity index (χ3v) is 3.74. The number of carbonyl (C=O) groups excluding carboxylic acids is 2. The van der Waals surface area contributed by atoms with E-state index < -0.39 is 5.97 Å². The Morgan fingerprint density at radius 3 is 1.67 bits per heavy atom.